The molecule has 26 nitrogen and oxygen atoms in total. The number of ether oxygens (including phenoxy) is 4. The van der Waals surface area contributed by atoms with E-state index in [2.05, 4.69) is 149 Å². The number of fused-ring (bicyclic) bond motifs is 15. The molecule has 776 valence electrons. The number of aryl methyl sites for hydroxylation is 9. The van der Waals surface area contributed by atoms with Crippen molar-refractivity contribution in [1.82, 2.24) is 63.4 Å². The van der Waals surface area contributed by atoms with Crippen LogP contribution in [0, 0.1) is 90.0 Å². The number of aromatic nitrogens is 13. The number of carbonyl (C=O) groups excluding carboxylic acids is 4. The predicted molar refractivity (Wildman–Crippen MR) is 603 cm³/mol. The Morgan fingerprint density at radius 1 is 0.336 bits per heavy atom. The van der Waals surface area contributed by atoms with E-state index in [0.717, 1.165) is 161 Å². The Hall–Kier alpha value is -11.9. The van der Waals surface area contributed by atoms with E-state index < -0.39 is 52.1 Å². The summed E-state index contributed by atoms with van der Waals surface area (Å²) in [5.74, 6) is 4.21. The average Bonchev–Trinajstić information content (AvgIpc) is 1.47. The maximum absolute atomic E-state index is 12.8. The summed E-state index contributed by atoms with van der Waals surface area (Å²) in [7, 11) is 0. The number of imidazole rings is 2. The summed E-state index contributed by atoms with van der Waals surface area (Å²) in [6, 6.07) is 36.6. The van der Waals surface area contributed by atoms with Gasteiger partial charge in [-0.1, -0.05) is 126 Å². The van der Waals surface area contributed by atoms with Crippen LogP contribution in [0.1, 0.15) is 314 Å². The molecule has 0 N–H and O–H groups in total. The monoisotopic (exact) mass is 2190 g/mol. The van der Waals surface area contributed by atoms with Crippen LogP contribution >= 0.6 is 115 Å². The highest BCUT2D eigenvalue weighted by Crippen LogP contribution is 2.48. The maximum atomic E-state index is 12.8. The molecule has 5 aromatic carbocycles. The second-order valence-corrected chi connectivity index (χ2v) is 50.0. The van der Waals surface area contributed by atoms with Crippen LogP contribution in [0.4, 0.5) is 0 Å². The topological polar surface area (TPSA) is 295 Å². The molecule has 4 atom stereocenters. The third kappa shape index (κ3) is 23.7. The highest BCUT2D eigenvalue weighted by molar-refractivity contribution is 7.16. The largest absolute Gasteiger partial charge is 0.460 e. The van der Waals surface area contributed by atoms with Crippen LogP contribution in [0.5, 0.6) is 0 Å². The fraction of sp³-hybridized carbons (Fsp3) is 0.372. The van der Waals surface area contributed by atoms with Crippen molar-refractivity contribution in [3.63, 3.8) is 0 Å². The second kappa shape index (κ2) is 43.5. The van der Waals surface area contributed by atoms with Crippen molar-refractivity contribution in [1.29, 1.82) is 0 Å². The molecule has 0 saturated carbocycles. The summed E-state index contributed by atoms with van der Waals surface area (Å²) < 4.78 is 32.8. The first-order valence-corrected chi connectivity index (χ1v) is 55.1. The number of thiophene rings is 5. The van der Waals surface area contributed by atoms with E-state index in [0.29, 0.717) is 31.7 Å². The summed E-state index contributed by atoms with van der Waals surface area (Å²) in [4.78, 5) is 91.9. The molecule has 10 aromatic heterocycles. The van der Waals surface area contributed by atoms with Crippen molar-refractivity contribution < 1.29 is 38.1 Å². The summed E-state index contributed by atoms with van der Waals surface area (Å²) in [6.45, 7) is 55.9. The normalized spacial score (nSPS) is 15.6. The van der Waals surface area contributed by atoms with E-state index in [9.17, 15) is 19.2 Å². The zero-order chi connectivity index (χ0) is 108. The van der Waals surface area contributed by atoms with Gasteiger partial charge in [0.05, 0.1) is 54.2 Å². The van der Waals surface area contributed by atoms with Gasteiger partial charge in [-0.3, -0.25) is 67.0 Å². The van der Waals surface area contributed by atoms with Crippen molar-refractivity contribution >= 4 is 167 Å². The van der Waals surface area contributed by atoms with Crippen molar-refractivity contribution in [2.75, 3.05) is 0 Å². The van der Waals surface area contributed by atoms with Gasteiger partial charge in [0, 0.05) is 135 Å². The quantitative estimate of drug-likeness (QED) is 0.0722. The molecular weight excluding hydrogens is 2070 g/mol. The van der Waals surface area contributed by atoms with Crippen LogP contribution in [-0.4, -0.2) is 138 Å². The van der Waals surface area contributed by atoms with Crippen LogP contribution in [0.25, 0.3) is 25.0 Å². The third-order valence-electron chi connectivity index (χ3n) is 25.4. The number of benzene rings is 5. The van der Waals surface area contributed by atoms with E-state index in [4.69, 9.17) is 102 Å². The van der Waals surface area contributed by atoms with Gasteiger partial charge in [-0.05, 0) is 275 Å². The van der Waals surface area contributed by atoms with E-state index in [1.54, 1.807) is 63.0 Å². The van der Waals surface area contributed by atoms with E-state index in [1.165, 1.54) is 52.2 Å². The molecule has 0 fully saturated rings. The number of rotatable bonds is 14. The number of esters is 4. The Morgan fingerprint density at radius 3 is 0.926 bits per heavy atom. The Bertz CT molecular complexity index is 7650. The lowest BCUT2D eigenvalue weighted by atomic mass is 9.98. The minimum Gasteiger partial charge on any atom is -0.460 e. The highest BCUT2D eigenvalue weighted by atomic mass is 35.5. The molecular formula is C113H121Cl5N18O8S5. The van der Waals surface area contributed by atoms with Gasteiger partial charge in [0.25, 0.3) is 0 Å². The molecule has 15 heterocycles. The van der Waals surface area contributed by atoms with Crippen molar-refractivity contribution in [2.45, 2.75) is 278 Å². The SMILES string of the molecule is CCc1nnc2n1-c1sc(C)c(C)c1C(c1ccc(Cl)cc1)=N[C@H]2CC(=O)OC(C)(C)C.Cc1sc2c(c1C)C(c1ccc(Cl)cc1)=NC(C)(C)c1nnc(C)n1-2.Cc1sc2c(c1C)C(c1ccc(Cl)cc1)=NC(CC(=O)OC(C)(C)C)c1ncc(C)n1-2.Cc1sc2c(c1C)C(c1ccc(Cl)cc1)=NC(CC(=O)OC(C)(C)C)c1ncc(C)n1-2.Cc1sc2c(c1C)C(c1ccc(Cl)cc1)=N[C@@H](CC(=O)OC(C)(C)C)c1nncn1-2. The van der Waals surface area contributed by atoms with Crippen LogP contribution < -0.4 is 0 Å². The molecule has 0 radical (unpaired) electrons. The predicted octanol–water partition coefficient (Wildman–Crippen LogP) is 28.3. The number of hydrogen-bond donors (Lipinski definition) is 0. The van der Waals surface area contributed by atoms with Crippen molar-refractivity contribution in [3.05, 3.63) is 325 Å². The van der Waals surface area contributed by atoms with Crippen molar-refractivity contribution in [2.24, 2.45) is 25.0 Å². The first-order chi connectivity index (χ1) is 70.1. The van der Waals surface area contributed by atoms with Gasteiger partial charge in [-0.25, -0.2) is 9.97 Å². The second-order valence-electron chi connectivity index (χ2n) is 41.8. The Morgan fingerprint density at radius 2 is 0.611 bits per heavy atom. The summed E-state index contributed by atoms with van der Waals surface area (Å²) in [5, 5.41) is 34.8. The highest BCUT2D eigenvalue weighted by Gasteiger charge is 2.42. The molecule has 5 aliphatic heterocycles. The lowest BCUT2D eigenvalue weighted by molar-refractivity contribution is -0.156. The molecule has 2 unspecified atom stereocenters. The lowest BCUT2D eigenvalue weighted by Crippen LogP contribution is -2.25. The molecule has 20 rings (SSSR count). The lowest BCUT2D eigenvalue weighted by Gasteiger charge is -2.21. The van der Waals surface area contributed by atoms with Gasteiger partial charge in [0.15, 0.2) is 17.5 Å². The molecule has 0 saturated heterocycles. The minimum atomic E-state index is -0.570. The first kappa shape index (κ1) is 110. The molecule has 0 aliphatic carbocycles. The molecule has 15 aromatic rings. The Balaban J connectivity index is 0.000000133. The summed E-state index contributed by atoms with van der Waals surface area (Å²) in [5.41, 5.74) is 19.9. The molecule has 5 aliphatic rings. The zero-order valence-corrected chi connectivity index (χ0v) is 96.7. The van der Waals surface area contributed by atoms with Gasteiger partial charge in [-0.15, -0.1) is 87.3 Å². The van der Waals surface area contributed by atoms with Gasteiger partial charge >= 0.3 is 23.9 Å². The van der Waals surface area contributed by atoms with Gasteiger partial charge < -0.3 is 18.9 Å². The van der Waals surface area contributed by atoms with Crippen molar-refractivity contribution in [3.8, 4) is 25.0 Å². The Kier molecular flexibility index (Phi) is 32.0. The van der Waals surface area contributed by atoms with Crippen LogP contribution in [-0.2, 0) is 50.1 Å². The van der Waals surface area contributed by atoms with E-state index in [-0.39, 0.29) is 49.6 Å². The van der Waals surface area contributed by atoms with E-state index in [1.807, 2.05) is 242 Å². The number of hydrogen-bond acceptors (Lipinski definition) is 26. The van der Waals surface area contributed by atoms with Crippen LogP contribution in [0.3, 0.4) is 0 Å². The Labute approximate surface area is 914 Å². The fourth-order valence-corrected chi connectivity index (χ4v) is 24.7. The van der Waals surface area contributed by atoms with Gasteiger partial charge in [0.2, 0.25) is 0 Å². The standard InChI is InChI=1S/C24H27ClN4O2S.2C24H26ClN3O2S.C22H23ClN4O2S.C19H19ClN4S/c1-7-18-27-28-22-17(12-19(30)31-24(4,5)6)26-21(15-8-10-16(25)11-9-15)20-13(2)14(3)32-23(20)29(18)22;2*1-13-12-26-22-18(11-19(29)30-24(4,5)6)27-21(16-7-9-17(25)10-8-16)20-14(2)15(3)31-23(20)28(13)22;1-12-13(2)30-21-18(12)19(14-6-8-15(23)9-7-14)25-16(20-26-24-11-27(20)21)10-17(28)29-22(3,4)5;1-10-11(2)25-17-15(10)16(13-6-8-14(20)9-7-13)21-19(4,5)18-23-22-12(3)24(17)18/h8-11,17H,7,12H2,1-6H3;2*7-10,12,18H,11H2,1-6H3;6-9,11,16H,10H2,1-5H3;6-9H,1-5H3/t17-;;;16-;/m0..0./s1. The molecule has 36 heteroatoms. The van der Waals surface area contributed by atoms with Gasteiger partial charge in [-0.2, -0.15) is 0 Å². The average molecular weight is 2200 g/mol. The third-order valence-corrected chi connectivity index (χ3v) is 32.7. The van der Waals surface area contributed by atoms with Gasteiger partial charge in [0.1, 0.15) is 107 Å². The molecule has 149 heavy (non-hydrogen) atoms. The number of carbonyl (C=O) groups is 4. The van der Waals surface area contributed by atoms with E-state index >= 15 is 0 Å². The summed E-state index contributed by atoms with van der Waals surface area (Å²) >= 11 is 39.2. The number of halogens is 5. The fourth-order valence-electron chi connectivity index (χ4n) is 18.1. The molecule has 0 spiro atoms. The minimum absolute atomic E-state index is 0.0834. The summed E-state index contributed by atoms with van der Waals surface area (Å²) in [6.07, 6.45) is 6.51. The smallest absolute Gasteiger partial charge is 0.308 e. The number of aliphatic imine (C=N–C) groups is 5. The number of nitrogens with zero attached hydrogens (tertiary/aromatic N) is 18. The maximum Gasteiger partial charge on any atom is 0.308 e. The molecule has 0 bridgehead atoms. The zero-order valence-electron chi connectivity index (χ0n) is 88.9. The molecule has 0 amide bonds. The first-order valence-electron chi connectivity index (χ1n) is 49.1. The van der Waals surface area contributed by atoms with Crippen LogP contribution in [0.2, 0.25) is 25.1 Å². The van der Waals surface area contributed by atoms with Crippen LogP contribution in [0.15, 0.2) is 165 Å².